The molecule has 0 aliphatic carbocycles. The smallest absolute Gasteiger partial charge is 0.422 e. The van der Waals surface area contributed by atoms with Crippen LogP contribution in [0.1, 0.15) is 45.0 Å². The Labute approximate surface area is 200 Å². The number of benzene rings is 1. The predicted molar refractivity (Wildman–Crippen MR) is 121 cm³/mol. The van der Waals surface area contributed by atoms with E-state index in [2.05, 4.69) is 15.0 Å². The highest BCUT2D eigenvalue weighted by Gasteiger charge is 2.38. The molecule has 1 aromatic heterocycles. The van der Waals surface area contributed by atoms with Crippen molar-refractivity contribution >= 4 is 23.6 Å². The van der Waals surface area contributed by atoms with Gasteiger partial charge in [0.15, 0.2) is 6.61 Å². The number of nitrogens with zero attached hydrogens (tertiary/aromatic N) is 2. The molecule has 0 saturated carbocycles. The van der Waals surface area contributed by atoms with Gasteiger partial charge in [0.25, 0.3) is 0 Å². The molecule has 34 heavy (non-hydrogen) atoms. The fourth-order valence-electron chi connectivity index (χ4n) is 3.36. The summed E-state index contributed by atoms with van der Waals surface area (Å²) in [6.07, 6.45) is -4.51. The number of hydrogen-bond donors (Lipinski definition) is 2. The fraction of sp³-hybridized carbons (Fsp3) is 0.435. The Morgan fingerprint density at radius 1 is 1.21 bits per heavy atom. The molecule has 0 spiro atoms. The number of ether oxygens (including phenoxy) is 1. The summed E-state index contributed by atoms with van der Waals surface area (Å²) in [5, 5.41) is 13.1. The third-order valence-electron chi connectivity index (χ3n) is 4.83. The number of halogens is 4. The van der Waals surface area contributed by atoms with Gasteiger partial charge in [0.05, 0.1) is 17.9 Å². The second-order valence-corrected chi connectivity index (χ2v) is 9.16. The lowest BCUT2D eigenvalue weighted by atomic mass is 9.97. The maximum Gasteiger partial charge on any atom is 0.422 e. The number of alkyl halides is 3. The third kappa shape index (κ3) is 8.09. The van der Waals surface area contributed by atoms with Gasteiger partial charge in [-0.1, -0.05) is 23.7 Å². The molecule has 2 N–H and O–H groups in total. The standard InChI is InChI=1S/C23H27ClF3N3O4/c1-14(18-9-8-17(12-28-18)34-13-23(25,26)27)29-20(31)19(30(21(32)33)22(2,3)4)11-15-6-5-7-16(24)10-15/h5-10,12,14,19H,11,13H2,1-4H3,(H,29,31)(H,32,33)/t14-,19+/m1/s1. The Hall–Kier alpha value is -3.01. The molecule has 0 aliphatic rings. The number of aromatic nitrogens is 1. The summed E-state index contributed by atoms with van der Waals surface area (Å²) in [4.78, 5) is 30.5. The normalized spacial score (nSPS) is 13.6. The van der Waals surface area contributed by atoms with Crippen molar-refractivity contribution in [3.8, 4) is 5.75 Å². The Kier molecular flexibility index (Phi) is 8.77. The van der Waals surface area contributed by atoms with Crippen LogP contribution in [0.2, 0.25) is 5.02 Å². The first-order valence-corrected chi connectivity index (χ1v) is 10.8. The van der Waals surface area contributed by atoms with Crippen LogP contribution >= 0.6 is 11.6 Å². The number of nitrogens with one attached hydrogen (secondary N) is 1. The summed E-state index contributed by atoms with van der Waals surface area (Å²) in [5.74, 6) is -0.618. The second-order valence-electron chi connectivity index (χ2n) is 8.73. The van der Waals surface area contributed by atoms with E-state index in [1.807, 2.05) is 0 Å². The van der Waals surface area contributed by atoms with Crippen LogP contribution in [0.5, 0.6) is 5.75 Å². The largest absolute Gasteiger partial charge is 0.483 e. The van der Waals surface area contributed by atoms with Crippen LogP contribution in [-0.2, 0) is 11.2 Å². The van der Waals surface area contributed by atoms with Crippen LogP contribution in [0, 0.1) is 0 Å². The van der Waals surface area contributed by atoms with E-state index in [4.69, 9.17) is 11.6 Å². The Morgan fingerprint density at radius 2 is 1.88 bits per heavy atom. The Bertz CT molecular complexity index is 994. The van der Waals surface area contributed by atoms with E-state index in [9.17, 15) is 27.9 Å². The molecule has 0 unspecified atom stereocenters. The molecule has 0 bridgehead atoms. The first kappa shape index (κ1) is 27.2. The van der Waals surface area contributed by atoms with E-state index >= 15 is 0 Å². The number of amides is 2. The average molecular weight is 502 g/mol. The summed E-state index contributed by atoms with van der Waals surface area (Å²) in [7, 11) is 0. The van der Waals surface area contributed by atoms with E-state index in [0.717, 1.165) is 11.1 Å². The van der Waals surface area contributed by atoms with Gasteiger partial charge in [-0.05, 0) is 57.5 Å². The molecular weight excluding hydrogens is 475 g/mol. The highest BCUT2D eigenvalue weighted by Crippen LogP contribution is 2.24. The minimum Gasteiger partial charge on any atom is -0.483 e. The molecule has 7 nitrogen and oxygen atoms in total. The molecule has 0 saturated heterocycles. The molecule has 0 aliphatic heterocycles. The fourth-order valence-corrected chi connectivity index (χ4v) is 3.57. The minimum absolute atomic E-state index is 0.0665. The maximum atomic E-state index is 13.3. The summed E-state index contributed by atoms with van der Waals surface area (Å²) in [6, 6.07) is 7.82. The van der Waals surface area contributed by atoms with Crippen molar-refractivity contribution in [1.29, 1.82) is 0 Å². The van der Waals surface area contributed by atoms with Crippen LogP contribution in [0.15, 0.2) is 42.6 Å². The highest BCUT2D eigenvalue weighted by atomic mass is 35.5. The lowest BCUT2D eigenvalue weighted by molar-refractivity contribution is -0.153. The van der Waals surface area contributed by atoms with Crippen LogP contribution in [0.4, 0.5) is 18.0 Å². The van der Waals surface area contributed by atoms with Crippen molar-refractivity contribution in [2.75, 3.05) is 6.61 Å². The molecule has 0 radical (unpaired) electrons. The van der Waals surface area contributed by atoms with Crippen LogP contribution < -0.4 is 10.1 Å². The van der Waals surface area contributed by atoms with Crippen molar-refractivity contribution < 1.29 is 32.6 Å². The van der Waals surface area contributed by atoms with E-state index in [1.165, 1.54) is 12.1 Å². The Morgan fingerprint density at radius 3 is 2.38 bits per heavy atom. The van der Waals surface area contributed by atoms with E-state index in [-0.39, 0.29) is 12.2 Å². The van der Waals surface area contributed by atoms with Gasteiger partial charge in [0.2, 0.25) is 5.91 Å². The molecule has 186 valence electrons. The summed E-state index contributed by atoms with van der Waals surface area (Å²) in [5.41, 5.74) is 0.165. The van der Waals surface area contributed by atoms with E-state index < -0.39 is 42.4 Å². The second kappa shape index (κ2) is 10.9. The highest BCUT2D eigenvalue weighted by molar-refractivity contribution is 6.30. The molecule has 1 aromatic carbocycles. The van der Waals surface area contributed by atoms with Crippen LogP contribution in [0.3, 0.4) is 0 Å². The molecule has 11 heteroatoms. The first-order valence-electron chi connectivity index (χ1n) is 10.4. The molecule has 2 amide bonds. The van der Waals surface area contributed by atoms with E-state index in [0.29, 0.717) is 16.3 Å². The van der Waals surface area contributed by atoms with Crippen LogP contribution in [0.25, 0.3) is 0 Å². The topological polar surface area (TPSA) is 91.8 Å². The SMILES string of the molecule is C[C@@H](NC(=O)[C@H](Cc1cccc(Cl)c1)N(C(=O)O)C(C)(C)C)c1ccc(OCC(F)(F)F)cn1. The number of rotatable bonds is 8. The van der Waals surface area contributed by atoms with Gasteiger partial charge in [-0.25, -0.2) is 4.79 Å². The van der Waals surface area contributed by atoms with Crippen molar-refractivity contribution in [1.82, 2.24) is 15.2 Å². The molecule has 2 rings (SSSR count). The number of carbonyl (C=O) groups is 2. The number of pyridine rings is 1. The quantitative estimate of drug-likeness (QED) is 0.516. The lowest BCUT2D eigenvalue weighted by Crippen LogP contribution is -2.57. The van der Waals surface area contributed by atoms with Gasteiger partial charge in [-0.3, -0.25) is 14.7 Å². The number of carboxylic acid groups (broad SMARTS) is 1. The molecule has 0 fully saturated rings. The summed E-state index contributed by atoms with van der Waals surface area (Å²) in [6.45, 7) is 5.25. The van der Waals surface area contributed by atoms with Gasteiger partial charge in [-0.15, -0.1) is 0 Å². The van der Waals surface area contributed by atoms with Gasteiger partial charge >= 0.3 is 12.3 Å². The Balaban J connectivity index is 2.22. The van der Waals surface area contributed by atoms with Gasteiger partial charge < -0.3 is 15.2 Å². The maximum absolute atomic E-state index is 13.3. The minimum atomic E-state index is -4.47. The first-order chi connectivity index (χ1) is 15.7. The zero-order chi connectivity index (χ0) is 25.7. The number of carbonyl (C=O) groups excluding carboxylic acids is 1. The lowest BCUT2D eigenvalue weighted by Gasteiger charge is -2.39. The molecule has 1 heterocycles. The predicted octanol–water partition coefficient (Wildman–Crippen LogP) is 5.24. The average Bonchev–Trinajstić information content (AvgIpc) is 2.70. The summed E-state index contributed by atoms with van der Waals surface area (Å²) < 4.78 is 41.6. The zero-order valence-electron chi connectivity index (χ0n) is 19.2. The monoisotopic (exact) mass is 501 g/mol. The van der Waals surface area contributed by atoms with Crippen molar-refractivity contribution in [3.63, 3.8) is 0 Å². The van der Waals surface area contributed by atoms with Crippen molar-refractivity contribution in [2.45, 2.75) is 57.9 Å². The van der Waals surface area contributed by atoms with E-state index in [1.54, 1.807) is 52.0 Å². The third-order valence-corrected chi connectivity index (χ3v) is 5.06. The molecule has 2 atom stereocenters. The van der Waals surface area contributed by atoms with Gasteiger partial charge in [0, 0.05) is 17.0 Å². The van der Waals surface area contributed by atoms with Crippen molar-refractivity contribution in [2.24, 2.45) is 0 Å². The zero-order valence-corrected chi connectivity index (χ0v) is 19.9. The van der Waals surface area contributed by atoms with Gasteiger partial charge in [-0.2, -0.15) is 13.2 Å². The number of hydrogen-bond acceptors (Lipinski definition) is 4. The van der Waals surface area contributed by atoms with Crippen LogP contribution in [-0.4, -0.2) is 51.4 Å². The van der Waals surface area contributed by atoms with Crippen molar-refractivity contribution in [3.05, 3.63) is 58.9 Å². The summed E-state index contributed by atoms with van der Waals surface area (Å²) >= 11 is 6.05. The molecular formula is C23H27ClF3N3O4. The van der Waals surface area contributed by atoms with Gasteiger partial charge in [0.1, 0.15) is 11.8 Å². The molecule has 2 aromatic rings.